The van der Waals surface area contributed by atoms with Crippen molar-refractivity contribution in [1.29, 1.82) is 0 Å². The molecule has 0 unspecified atom stereocenters. The Hall–Kier alpha value is -3.29. The van der Waals surface area contributed by atoms with Crippen LogP contribution in [0.2, 0.25) is 0 Å². The summed E-state index contributed by atoms with van der Waals surface area (Å²) in [5.41, 5.74) is 0.967. The lowest BCUT2D eigenvalue weighted by Crippen LogP contribution is -2.18. The van der Waals surface area contributed by atoms with Gasteiger partial charge in [0.15, 0.2) is 11.8 Å². The van der Waals surface area contributed by atoms with Crippen LogP contribution < -0.4 is 4.74 Å². The molecule has 8 heteroatoms. The van der Waals surface area contributed by atoms with Crippen molar-refractivity contribution in [3.63, 3.8) is 0 Å². The molecule has 1 aromatic heterocycles. The van der Waals surface area contributed by atoms with Crippen LogP contribution in [0.5, 0.6) is 5.75 Å². The van der Waals surface area contributed by atoms with E-state index in [0.29, 0.717) is 12.3 Å². The van der Waals surface area contributed by atoms with Crippen molar-refractivity contribution in [2.45, 2.75) is 39.0 Å². The maximum absolute atomic E-state index is 13.6. The lowest BCUT2D eigenvalue weighted by atomic mass is 10.1. The minimum Gasteiger partial charge on any atom is -0.491 e. The Morgan fingerprint density at radius 3 is 2.55 bits per heavy atom. The lowest BCUT2D eigenvalue weighted by Gasteiger charge is -2.18. The summed E-state index contributed by atoms with van der Waals surface area (Å²) in [5.74, 6) is -0.544. The molecular weight excluding hydrogens is 380 g/mol. The summed E-state index contributed by atoms with van der Waals surface area (Å²) in [4.78, 5) is 12.4. The number of alkyl halides is 2. The highest BCUT2D eigenvalue weighted by Crippen LogP contribution is 2.28. The number of halogens is 2. The van der Waals surface area contributed by atoms with Crippen molar-refractivity contribution in [1.82, 2.24) is 15.0 Å². The van der Waals surface area contributed by atoms with Crippen LogP contribution in [0.1, 0.15) is 41.6 Å². The summed E-state index contributed by atoms with van der Waals surface area (Å²) in [7, 11) is 0. The van der Waals surface area contributed by atoms with E-state index in [4.69, 9.17) is 9.47 Å². The number of nitrogens with zero attached hydrogens (tertiary/aromatic N) is 3. The molecule has 0 saturated carbocycles. The summed E-state index contributed by atoms with van der Waals surface area (Å²) < 4.78 is 39.2. The summed E-state index contributed by atoms with van der Waals surface area (Å²) in [6.45, 7) is 4.06. The van der Waals surface area contributed by atoms with E-state index >= 15 is 0 Å². The molecule has 0 spiro atoms. The van der Waals surface area contributed by atoms with Crippen molar-refractivity contribution >= 4 is 5.97 Å². The number of carbonyl (C=O) groups excluding carboxylic acids is 1. The molecule has 29 heavy (non-hydrogen) atoms. The minimum absolute atomic E-state index is 0.113. The maximum atomic E-state index is 13.6. The number of benzene rings is 2. The van der Waals surface area contributed by atoms with Gasteiger partial charge in [-0.05, 0) is 31.5 Å². The van der Waals surface area contributed by atoms with E-state index in [2.05, 4.69) is 10.3 Å². The van der Waals surface area contributed by atoms with Gasteiger partial charge in [-0.2, -0.15) is 0 Å². The molecule has 0 aliphatic carbocycles. The van der Waals surface area contributed by atoms with Crippen LogP contribution in [0.4, 0.5) is 8.78 Å². The molecular formula is C21H21F2N3O3. The molecule has 0 N–H and O–H groups in total. The molecule has 0 saturated heterocycles. The third-order valence-electron chi connectivity index (χ3n) is 3.96. The molecule has 6 nitrogen and oxygen atoms in total. The second kappa shape index (κ2) is 9.27. The van der Waals surface area contributed by atoms with Gasteiger partial charge in [-0.3, -0.25) is 0 Å². The third kappa shape index (κ3) is 5.60. The highest BCUT2D eigenvalue weighted by Gasteiger charge is 2.29. The largest absolute Gasteiger partial charge is 0.491 e. The Balaban J connectivity index is 1.72. The molecule has 152 valence electrons. The highest BCUT2D eigenvalue weighted by atomic mass is 19.3. The zero-order valence-corrected chi connectivity index (χ0v) is 16.0. The fraction of sp³-hybridized carbons (Fsp3) is 0.286. The minimum atomic E-state index is -2.91. The van der Waals surface area contributed by atoms with Crippen molar-refractivity contribution in [3.05, 3.63) is 77.6 Å². The Bertz CT molecular complexity index is 945. The number of esters is 1. The first kappa shape index (κ1) is 20.4. The molecule has 0 aliphatic rings. The van der Waals surface area contributed by atoms with Crippen LogP contribution in [0, 0.1) is 0 Å². The van der Waals surface area contributed by atoms with Gasteiger partial charge in [0, 0.05) is 5.56 Å². The van der Waals surface area contributed by atoms with Crippen LogP contribution in [-0.4, -0.2) is 33.5 Å². The topological polar surface area (TPSA) is 66.2 Å². The van der Waals surface area contributed by atoms with Gasteiger partial charge < -0.3 is 9.47 Å². The zero-order chi connectivity index (χ0) is 20.8. The smallest absolute Gasteiger partial charge is 0.361 e. The predicted molar refractivity (Wildman–Crippen MR) is 102 cm³/mol. The summed E-state index contributed by atoms with van der Waals surface area (Å²) in [5, 5.41) is 7.61. The predicted octanol–water partition coefficient (Wildman–Crippen LogP) is 4.28. The first-order valence-corrected chi connectivity index (χ1v) is 9.12. The Morgan fingerprint density at radius 2 is 1.86 bits per heavy atom. The fourth-order valence-electron chi connectivity index (χ4n) is 2.72. The second-order valence-electron chi connectivity index (χ2n) is 6.69. The molecule has 1 atom stereocenters. The van der Waals surface area contributed by atoms with Crippen molar-refractivity contribution in [3.8, 4) is 5.75 Å². The van der Waals surface area contributed by atoms with Gasteiger partial charge in [0.05, 0.1) is 18.8 Å². The molecule has 0 amide bonds. The van der Waals surface area contributed by atoms with Crippen LogP contribution in [0.15, 0.2) is 60.8 Å². The second-order valence-corrected chi connectivity index (χ2v) is 6.69. The molecule has 0 aliphatic heterocycles. The first-order chi connectivity index (χ1) is 13.9. The average molecular weight is 401 g/mol. The normalized spacial score (nSPS) is 12.2. The molecule has 2 aromatic carbocycles. The van der Waals surface area contributed by atoms with Gasteiger partial charge in [-0.15, -0.1) is 5.10 Å². The van der Waals surface area contributed by atoms with Gasteiger partial charge in [0.25, 0.3) is 6.43 Å². The molecule has 0 radical (unpaired) electrons. The molecule has 0 bridgehead atoms. The fourth-order valence-corrected chi connectivity index (χ4v) is 2.72. The van der Waals surface area contributed by atoms with Crippen molar-refractivity contribution in [2.75, 3.05) is 0 Å². The van der Waals surface area contributed by atoms with Gasteiger partial charge in [0.2, 0.25) is 0 Å². The average Bonchev–Trinajstić information content (AvgIpc) is 3.15. The van der Waals surface area contributed by atoms with E-state index in [1.165, 1.54) is 23.0 Å². The van der Waals surface area contributed by atoms with Gasteiger partial charge in [-0.25, -0.2) is 18.3 Å². The number of carbonyl (C=O) groups is 1. The molecule has 3 aromatic rings. The van der Waals surface area contributed by atoms with Crippen molar-refractivity contribution < 1.29 is 23.0 Å². The lowest BCUT2D eigenvalue weighted by molar-refractivity contribution is -0.0355. The SMILES string of the molecule is CC(C)Oc1cccc([C@@H](OC(=O)c2cn(Cc3ccccc3)nn2)C(F)F)c1. The Labute approximate surface area is 167 Å². The third-order valence-corrected chi connectivity index (χ3v) is 3.96. The van der Waals surface area contributed by atoms with Crippen LogP contribution in [0.3, 0.4) is 0 Å². The number of hydrogen-bond acceptors (Lipinski definition) is 5. The number of aromatic nitrogens is 3. The zero-order valence-electron chi connectivity index (χ0n) is 16.0. The van der Waals surface area contributed by atoms with Crippen LogP contribution in [-0.2, 0) is 11.3 Å². The number of rotatable bonds is 8. The molecule has 0 fully saturated rings. The summed E-state index contributed by atoms with van der Waals surface area (Å²) >= 11 is 0. The van der Waals surface area contributed by atoms with E-state index < -0.39 is 18.5 Å². The maximum Gasteiger partial charge on any atom is 0.361 e. The van der Waals surface area contributed by atoms with Gasteiger partial charge >= 0.3 is 5.97 Å². The quantitative estimate of drug-likeness (QED) is 0.527. The standard InChI is InChI=1S/C21H21F2N3O3/c1-14(2)28-17-10-6-9-16(11-17)19(20(22)23)29-21(27)18-13-26(25-24-18)12-15-7-4-3-5-8-15/h3-11,13-14,19-20H,12H2,1-2H3/t19-/m1/s1. The van der Waals surface area contributed by atoms with Gasteiger partial charge in [-0.1, -0.05) is 47.7 Å². The van der Waals surface area contributed by atoms with E-state index in [1.54, 1.807) is 12.1 Å². The monoisotopic (exact) mass is 401 g/mol. The van der Waals surface area contributed by atoms with E-state index in [1.807, 2.05) is 44.2 Å². The van der Waals surface area contributed by atoms with E-state index in [-0.39, 0.29) is 17.4 Å². The van der Waals surface area contributed by atoms with Crippen LogP contribution >= 0.6 is 0 Å². The van der Waals surface area contributed by atoms with E-state index in [0.717, 1.165) is 5.56 Å². The highest BCUT2D eigenvalue weighted by molar-refractivity contribution is 5.86. The summed E-state index contributed by atoms with van der Waals surface area (Å²) in [6, 6.07) is 15.6. The summed E-state index contributed by atoms with van der Waals surface area (Å²) in [6.07, 6.45) is -3.39. The van der Waals surface area contributed by atoms with E-state index in [9.17, 15) is 13.6 Å². The Kier molecular flexibility index (Phi) is 6.54. The Morgan fingerprint density at radius 1 is 1.10 bits per heavy atom. The molecule has 1 heterocycles. The molecule has 3 rings (SSSR count). The number of hydrogen-bond donors (Lipinski definition) is 0. The van der Waals surface area contributed by atoms with Gasteiger partial charge in [0.1, 0.15) is 5.75 Å². The van der Waals surface area contributed by atoms with Crippen LogP contribution in [0.25, 0.3) is 0 Å². The number of ether oxygens (including phenoxy) is 2. The first-order valence-electron chi connectivity index (χ1n) is 9.12. The van der Waals surface area contributed by atoms with Crippen molar-refractivity contribution in [2.24, 2.45) is 0 Å².